The third-order valence-corrected chi connectivity index (χ3v) is 3.46. The smallest absolute Gasteiger partial charge is 0.264 e. The molecule has 5 heteroatoms. The molecule has 1 amide bonds. The molecule has 1 heterocycles. The van der Waals surface area contributed by atoms with Crippen LogP contribution in [-0.4, -0.2) is 21.9 Å². The number of aromatic amines is 1. The lowest BCUT2D eigenvalue weighted by Crippen LogP contribution is -2.38. The van der Waals surface area contributed by atoms with Crippen molar-refractivity contribution in [2.45, 2.75) is 52.0 Å². The van der Waals surface area contributed by atoms with Gasteiger partial charge in [-0.1, -0.05) is 26.0 Å². The van der Waals surface area contributed by atoms with Gasteiger partial charge >= 0.3 is 0 Å². The molecule has 0 radical (unpaired) electrons. The Bertz CT molecular complexity index is 587. The number of aryl methyl sites for hydroxylation is 1. The molecule has 1 unspecified atom stereocenters. The second-order valence-corrected chi connectivity index (χ2v) is 5.51. The average Bonchev–Trinajstić information content (AvgIpc) is 2.38. The summed E-state index contributed by atoms with van der Waals surface area (Å²) in [5.41, 5.74) is 0.238. The number of hydrogen-bond acceptors (Lipinski definition) is 3. The Balaban J connectivity index is 2.23. The molecule has 1 aliphatic carbocycles. The van der Waals surface area contributed by atoms with Gasteiger partial charge in [0.1, 0.15) is 11.4 Å². The predicted octanol–water partition coefficient (Wildman–Crippen LogP) is 2.04. The predicted molar refractivity (Wildman–Crippen MR) is 77.9 cm³/mol. The quantitative estimate of drug-likeness (QED) is 0.829. The van der Waals surface area contributed by atoms with Gasteiger partial charge in [0, 0.05) is 12.0 Å². The lowest BCUT2D eigenvalue weighted by atomic mass is 10.0. The van der Waals surface area contributed by atoms with Crippen molar-refractivity contribution in [1.29, 1.82) is 0 Å². The van der Waals surface area contributed by atoms with Crippen LogP contribution in [0.1, 0.15) is 60.9 Å². The minimum Gasteiger partial charge on any atom is -0.346 e. The first kappa shape index (κ1) is 14.5. The number of carbonyl (C=O) groups excluding carboxylic acids is 1. The Morgan fingerprint density at radius 3 is 2.80 bits per heavy atom. The third kappa shape index (κ3) is 3.15. The Hall–Kier alpha value is -1.91. The summed E-state index contributed by atoms with van der Waals surface area (Å²) in [5.74, 6) is 0.393. The van der Waals surface area contributed by atoms with E-state index in [-0.39, 0.29) is 29.0 Å². The van der Waals surface area contributed by atoms with Crippen molar-refractivity contribution in [1.82, 2.24) is 15.3 Å². The highest BCUT2D eigenvalue weighted by molar-refractivity contribution is 5.95. The highest BCUT2D eigenvalue weighted by Crippen LogP contribution is 2.12. The van der Waals surface area contributed by atoms with E-state index in [0.29, 0.717) is 11.5 Å². The molecular formula is C15H21N3O2. The summed E-state index contributed by atoms with van der Waals surface area (Å²) < 4.78 is 0. The van der Waals surface area contributed by atoms with Crippen LogP contribution < -0.4 is 10.9 Å². The van der Waals surface area contributed by atoms with Crippen molar-refractivity contribution in [2.24, 2.45) is 0 Å². The first-order valence-electron chi connectivity index (χ1n) is 7.07. The molecule has 108 valence electrons. The van der Waals surface area contributed by atoms with Crippen molar-refractivity contribution in [3.8, 4) is 0 Å². The van der Waals surface area contributed by atoms with E-state index in [2.05, 4.69) is 21.4 Å². The third-order valence-electron chi connectivity index (χ3n) is 3.46. The molecule has 1 aliphatic rings. The van der Waals surface area contributed by atoms with Crippen LogP contribution in [0.3, 0.4) is 0 Å². The van der Waals surface area contributed by atoms with Gasteiger partial charge in [0.15, 0.2) is 0 Å². The molecule has 0 bridgehead atoms. The molecule has 1 aromatic rings. The summed E-state index contributed by atoms with van der Waals surface area (Å²) in [7, 11) is 0. The van der Waals surface area contributed by atoms with Crippen LogP contribution in [0.25, 0.3) is 0 Å². The zero-order valence-corrected chi connectivity index (χ0v) is 12.2. The van der Waals surface area contributed by atoms with Crippen molar-refractivity contribution in [3.63, 3.8) is 0 Å². The van der Waals surface area contributed by atoms with Gasteiger partial charge in [0.25, 0.3) is 11.5 Å². The Morgan fingerprint density at radius 2 is 2.25 bits per heavy atom. The first-order chi connectivity index (χ1) is 9.49. The number of carbonyl (C=O) groups is 1. The topological polar surface area (TPSA) is 74.8 Å². The number of aromatic nitrogens is 2. The van der Waals surface area contributed by atoms with Gasteiger partial charge in [-0.2, -0.15) is 0 Å². The second kappa shape index (κ2) is 6.03. The van der Waals surface area contributed by atoms with Gasteiger partial charge in [-0.25, -0.2) is 4.98 Å². The van der Waals surface area contributed by atoms with Crippen LogP contribution in [0.2, 0.25) is 0 Å². The normalized spacial score (nSPS) is 18.3. The fraction of sp³-hybridized carbons (Fsp3) is 0.533. The molecule has 0 spiro atoms. The number of nitrogens with zero attached hydrogens (tertiary/aromatic N) is 1. The Morgan fingerprint density at radius 1 is 1.50 bits per heavy atom. The van der Waals surface area contributed by atoms with Crippen LogP contribution in [0.5, 0.6) is 0 Å². The first-order valence-corrected chi connectivity index (χ1v) is 7.07. The van der Waals surface area contributed by atoms with Gasteiger partial charge < -0.3 is 10.3 Å². The van der Waals surface area contributed by atoms with E-state index in [1.807, 2.05) is 19.9 Å². The molecule has 0 saturated carbocycles. The van der Waals surface area contributed by atoms with Crippen LogP contribution in [0.15, 0.2) is 16.9 Å². The maximum atomic E-state index is 12.2. The van der Waals surface area contributed by atoms with Gasteiger partial charge in [-0.3, -0.25) is 9.59 Å². The number of rotatable bonds is 3. The van der Waals surface area contributed by atoms with E-state index in [9.17, 15) is 9.59 Å². The largest absolute Gasteiger partial charge is 0.346 e. The monoisotopic (exact) mass is 275 g/mol. The number of allylic oxidation sites excluding steroid dienone is 1. The molecule has 20 heavy (non-hydrogen) atoms. The molecule has 2 rings (SSSR count). The summed E-state index contributed by atoms with van der Waals surface area (Å²) in [6.07, 6.45) is 7.07. The standard InChI is InChI=1S/C15H21N3O2/c1-9(2)13-16-10(3)12(15(20)18-13)14(19)17-11-7-5-4-6-8-11/h5,7,9,11H,4,6,8H2,1-3H3,(H,17,19)(H,16,18,20). The Kier molecular flexibility index (Phi) is 4.37. The molecule has 0 saturated heterocycles. The van der Waals surface area contributed by atoms with Gasteiger partial charge in [-0.05, 0) is 26.2 Å². The summed E-state index contributed by atoms with van der Waals surface area (Å²) in [6.45, 7) is 5.60. The zero-order chi connectivity index (χ0) is 14.7. The van der Waals surface area contributed by atoms with E-state index in [0.717, 1.165) is 19.3 Å². The summed E-state index contributed by atoms with van der Waals surface area (Å²) in [4.78, 5) is 31.3. The Labute approximate surface area is 118 Å². The summed E-state index contributed by atoms with van der Waals surface area (Å²) >= 11 is 0. The molecular weight excluding hydrogens is 254 g/mol. The maximum Gasteiger partial charge on any atom is 0.264 e. The molecule has 2 N–H and O–H groups in total. The fourth-order valence-corrected chi connectivity index (χ4v) is 2.32. The van der Waals surface area contributed by atoms with Crippen LogP contribution in [0, 0.1) is 6.92 Å². The van der Waals surface area contributed by atoms with Gasteiger partial charge in [0.05, 0.1) is 5.69 Å². The van der Waals surface area contributed by atoms with E-state index in [1.54, 1.807) is 6.92 Å². The van der Waals surface area contributed by atoms with Gasteiger partial charge in [-0.15, -0.1) is 0 Å². The van der Waals surface area contributed by atoms with E-state index in [4.69, 9.17) is 0 Å². The molecule has 1 aromatic heterocycles. The van der Waals surface area contributed by atoms with E-state index >= 15 is 0 Å². The minimum atomic E-state index is -0.363. The van der Waals surface area contributed by atoms with Crippen molar-refractivity contribution >= 4 is 5.91 Å². The molecule has 0 aliphatic heterocycles. The van der Waals surface area contributed by atoms with Crippen LogP contribution >= 0.6 is 0 Å². The number of hydrogen-bond donors (Lipinski definition) is 2. The maximum absolute atomic E-state index is 12.2. The van der Waals surface area contributed by atoms with E-state index in [1.165, 1.54) is 0 Å². The minimum absolute atomic E-state index is 0.0137. The van der Waals surface area contributed by atoms with Crippen molar-refractivity contribution < 1.29 is 4.79 Å². The highest BCUT2D eigenvalue weighted by Gasteiger charge is 2.20. The molecule has 1 atom stereocenters. The van der Waals surface area contributed by atoms with Crippen LogP contribution in [0.4, 0.5) is 0 Å². The number of amides is 1. The molecule has 0 aromatic carbocycles. The number of nitrogens with one attached hydrogen (secondary N) is 2. The second-order valence-electron chi connectivity index (χ2n) is 5.51. The van der Waals surface area contributed by atoms with Crippen molar-refractivity contribution in [3.05, 3.63) is 39.6 Å². The van der Waals surface area contributed by atoms with E-state index < -0.39 is 0 Å². The summed E-state index contributed by atoms with van der Waals surface area (Å²) in [6, 6.07) is 0.0137. The molecule has 5 nitrogen and oxygen atoms in total. The van der Waals surface area contributed by atoms with Crippen LogP contribution in [-0.2, 0) is 0 Å². The zero-order valence-electron chi connectivity index (χ0n) is 12.2. The molecule has 0 fully saturated rings. The SMILES string of the molecule is Cc1nc(C(C)C)[nH]c(=O)c1C(=O)NC1C=CCCC1. The average molecular weight is 275 g/mol. The van der Waals surface area contributed by atoms with Crippen molar-refractivity contribution in [2.75, 3.05) is 0 Å². The summed E-state index contributed by atoms with van der Waals surface area (Å²) in [5, 5.41) is 2.88. The fourth-order valence-electron chi connectivity index (χ4n) is 2.32. The van der Waals surface area contributed by atoms with Gasteiger partial charge in [0.2, 0.25) is 0 Å². The number of H-pyrrole nitrogens is 1. The lowest BCUT2D eigenvalue weighted by molar-refractivity contribution is 0.0939. The highest BCUT2D eigenvalue weighted by atomic mass is 16.2. The lowest BCUT2D eigenvalue weighted by Gasteiger charge is -2.18.